The first kappa shape index (κ1) is 24.3. The van der Waals surface area contributed by atoms with E-state index in [1.807, 2.05) is 36.4 Å². The Morgan fingerprint density at radius 3 is 2.53 bits per heavy atom. The molecule has 3 aromatic rings. The minimum absolute atomic E-state index is 0.186. The van der Waals surface area contributed by atoms with Crippen LogP contribution in [0.5, 0.6) is 0 Å². The van der Waals surface area contributed by atoms with Crippen LogP contribution in [0.4, 0.5) is 11.4 Å². The SMILES string of the molecule is O=C(C=Cc1ccco1)NC(=S)Nc1ccc(N2CCN(Cc3ccccc3Cl)CC2)c(Cl)c1. The van der Waals surface area contributed by atoms with Gasteiger partial charge in [-0.2, -0.15) is 0 Å². The summed E-state index contributed by atoms with van der Waals surface area (Å²) >= 11 is 18.1. The molecule has 0 unspecified atom stereocenters. The lowest BCUT2D eigenvalue weighted by Gasteiger charge is -2.36. The molecule has 2 heterocycles. The number of carbonyl (C=O) groups is 1. The van der Waals surface area contributed by atoms with Crippen LogP contribution in [-0.2, 0) is 11.3 Å². The maximum atomic E-state index is 12.0. The molecule has 34 heavy (non-hydrogen) atoms. The van der Waals surface area contributed by atoms with Crippen molar-refractivity contribution in [2.45, 2.75) is 6.54 Å². The lowest BCUT2D eigenvalue weighted by atomic mass is 10.2. The fourth-order valence-corrected chi connectivity index (χ4v) is 4.43. The van der Waals surface area contributed by atoms with Crippen LogP contribution in [0.25, 0.3) is 6.08 Å². The Balaban J connectivity index is 1.28. The van der Waals surface area contributed by atoms with Crippen LogP contribution >= 0.6 is 35.4 Å². The third kappa shape index (κ3) is 6.61. The van der Waals surface area contributed by atoms with Crippen LogP contribution in [0.1, 0.15) is 11.3 Å². The molecule has 4 rings (SSSR count). The highest BCUT2D eigenvalue weighted by Gasteiger charge is 2.20. The molecule has 1 aromatic heterocycles. The summed E-state index contributed by atoms with van der Waals surface area (Å²) in [6.45, 7) is 4.41. The Bertz CT molecular complexity index is 1180. The van der Waals surface area contributed by atoms with E-state index >= 15 is 0 Å². The zero-order valence-electron chi connectivity index (χ0n) is 18.3. The fraction of sp³-hybridized carbons (Fsp3) is 0.200. The van der Waals surface area contributed by atoms with E-state index in [1.165, 1.54) is 12.3 Å². The second kappa shape index (κ2) is 11.5. The van der Waals surface area contributed by atoms with Gasteiger partial charge in [0.1, 0.15) is 5.76 Å². The molecule has 0 bridgehead atoms. The first-order chi connectivity index (χ1) is 16.5. The van der Waals surface area contributed by atoms with Crippen LogP contribution in [0.15, 0.2) is 71.4 Å². The van der Waals surface area contributed by atoms with Gasteiger partial charge in [0.2, 0.25) is 5.91 Å². The fourth-order valence-electron chi connectivity index (χ4n) is 3.72. The van der Waals surface area contributed by atoms with Crippen molar-refractivity contribution in [2.24, 2.45) is 0 Å². The van der Waals surface area contributed by atoms with Crippen LogP contribution < -0.4 is 15.5 Å². The number of nitrogens with zero attached hydrogens (tertiary/aromatic N) is 2. The molecule has 0 saturated carbocycles. The van der Waals surface area contributed by atoms with Gasteiger partial charge in [0, 0.05) is 49.5 Å². The van der Waals surface area contributed by atoms with Gasteiger partial charge in [0.25, 0.3) is 0 Å². The van der Waals surface area contributed by atoms with Gasteiger partial charge in [0.15, 0.2) is 5.11 Å². The minimum Gasteiger partial charge on any atom is -0.465 e. The highest BCUT2D eigenvalue weighted by atomic mass is 35.5. The van der Waals surface area contributed by atoms with Crippen molar-refractivity contribution in [3.63, 3.8) is 0 Å². The molecule has 2 aromatic carbocycles. The molecule has 6 nitrogen and oxygen atoms in total. The molecule has 1 aliphatic heterocycles. The van der Waals surface area contributed by atoms with Crippen LogP contribution in [0, 0.1) is 0 Å². The first-order valence-corrected chi connectivity index (χ1v) is 12.0. The number of piperazine rings is 1. The van der Waals surface area contributed by atoms with Crippen LogP contribution in [0.3, 0.4) is 0 Å². The molecule has 0 radical (unpaired) electrons. The van der Waals surface area contributed by atoms with E-state index in [-0.39, 0.29) is 11.0 Å². The molecule has 9 heteroatoms. The molecular formula is C25H24Cl2N4O2S. The van der Waals surface area contributed by atoms with Gasteiger partial charge in [-0.05, 0) is 60.3 Å². The predicted molar refractivity (Wildman–Crippen MR) is 142 cm³/mol. The monoisotopic (exact) mass is 514 g/mol. The normalized spacial score (nSPS) is 14.4. The highest BCUT2D eigenvalue weighted by molar-refractivity contribution is 7.80. The number of amides is 1. The summed E-state index contributed by atoms with van der Waals surface area (Å²) in [5.74, 6) is 0.229. The predicted octanol–water partition coefficient (Wildman–Crippen LogP) is 5.44. The quantitative estimate of drug-likeness (QED) is 0.337. The van der Waals surface area contributed by atoms with Crippen molar-refractivity contribution in [3.8, 4) is 0 Å². The standard InChI is InChI=1S/C25H24Cl2N4O2S/c26-21-6-2-1-4-18(21)17-30-11-13-31(14-12-30)23-9-7-19(16-22(23)27)28-25(34)29-24(32)10-8-20-5-3-15-33-20/h1-10,15-16H,11-14,17H2,(H2,28,29,32,34). The molecule has 1 saturated heterocycles. The van der Waals surface area contributed by atoms with E-state index in [0.717, 1.165) is 49.0 Å². The highest BCUT2D eigenvalue weighted by Crippen LogP contribution is 2.30. The van der Waals surface area contributed by atoms with Gasteiger partial charge in [0.05, 0.1) is 17.0 Å². The number of hydrogen-bond donors (Lipinski definition) is 2. The maximum absolute atomic E-state index is 12.0. The molecular weight excluding hydrogens is 491 g/mol. The minimum atomic E-state index is -0.355. The Morgan fingerprint density at radius 1 is 1.03 bits per heavy atom. The smallest absolute Gasteiger partial charge is 0.250 e. The summed E-state index contributed by atoms with van der Waals surface area (Å²) < 4.78 is 5.15. The summed E-state index contributed by atoms with van der Waals surface area (Å²) in [5, 5.41) is 7.21. The van der Waals surface area contributed by atoms with Gasteiger partial charge < -0.3 is 14.6 Å². The molecule has 1 aliphatic rings. The number of thiocarbonyl (C=S) groups is 1. The topological polar surface area (TPSA) is 60.8 Å². The van der Waals surface area contributed by atoms with E-state index in [1.54, 1.807) is 18.2 Å². The zero-order chi connectivity index (χ0) is 23.9. The van der Waals surface area contributed by atoms with E-state index in [0.29, 0.717) is 16.5 Å². The average Bonchev–Trinajstić information content (AvgIpc) is 3.34. The number of benzene rings is 2. The first-order valence-electron chi connectivity index (χ1n) is 10.8. The average molecular weight is 515 g/mol. The van der Waals surface area contributed by atoms with Crippen molar-refractivity contribution in [1.82, 2.24) is 10.2 Å². The molecule has 2 N–H and O–H groups in total. The van der Waals surface area contributed by atoms with Gasteiger partial charge >= 0.3 is 0 Å². The maximum Gasteiger partial charge on any atom is 0.250 e. The number of carbonyl (C=O) groups excluding carboxylic acids is 1. The van der Waals surface area contributed by atoms with Gasteiger partial charge in [-0.25, -0.2) is 0 Å². The second-order valence-electron chi connectivity index (χ2n) is 7.81. The molecule has 0 spiro atoms. The largest absolute Gasteiger partial charge is 0.465 e. The second-order valence-corrected chi connectivity index (χ2v) is 9.04. The Morgan fingerprint density at radius 2 is 1.82 bits per heavy atom. The summed E-state index contributed by atoms with van der Waals surface area (Å²) in [6.07, 6.45) is 4.46. The van der Waals surface area contributed by atoms with E-state index in [2.05, 4.69) is 26.5 Å². The Labute approximate surface area is 214 Å². The van der Waals surface area contributed by atoms with Crippen molar-refractivity contribution in [3.05, 3.63) is 88.3 Å². The summed E-state index contributed by atoms with van der Waals surface area (Å²) in [5.41, 5.74) is 2.82. The molecule has 0 atom stereocenters. The molecule has 0 aliphatic carbocycles. The lowest BCUT2D eigenvalue weighted by molar-refractivity contribution is -0.115. The van der Waals surface area contributed by atoms with Gasteiger partial charge in [-0.1, -0.05) is 41.4 Å². The zero-order valence-corrected chi connectivity index (χ0v) is 20.7. The third-order valence-corrected chi connectivity index (χ3v) is 6.32. The van der Waals surface area contributed by atoms with Crippen molar-refractivity contribution in [1.29, 1.82) is 0 Å². The van der Waals surface area contributed by atoms with Crippen LogP contribution in [0.2, 0.25) is 10.0 Å². The van der Waals surface area contributed by atoms with Crippen molar-refractivity contribution in [2.75, 3.05) is 36.4 Å². The Kier molecular flexibility index (Phi) is 8.24. The van der Waals surface area contributed by atoms with Gasteiger partial charge in [-0.15, -0.1) is 0 Å². The number of anilines is 2. The van der Waals surface area contributed by atoms with Crippen LogP contribution in [-0.4, -0.2) is 42.1 Å². The van der Waals surface area contributed by atoms with E-state index < -0.39 is 0 Å². The number of hydrogen-bond acceptors (Lipinski definition) is 5. The number of furan rings is 1. The number of nitrogens with one attached hydrogen (secondary N) is 2. The molecule has 1 fully saturated rings. The van der Waals surface area contributed by atoms with E-state index in [9.17, 15) is 4.79 Å². The summed E-state index contributed by atoms with van der Waals surface area (Å²) in [7, 11) is 0. The van der Waals surface area contributed by atoms with E-state index in [4.69, 9.17) is 39.8 Å². The van der Waals surface area contributed by atoms with Crippen molar-refractivity contribution >= 4 is 63.9 Å². The Hall–Kier alpha value is -2.84. The number of halogens is 2. The summed E-state index contributed by atoms with van der Waals surface area (Å²) in [6, 6.07) is 17.1. The number of rotatable bonds is 6. The van der Waals surface area contributed by atoms with Gasteiger partial charge in [-0.3, -0.25) is 15.0 Å². The van der Waals surface area contributed by atoms with Crippen molar-refractivity contribution < 1.29 is 9.21 Å². The summed E-state index contributed by atoms with van der Waals surface area (Å²) in [4.78, 5) is 16.7. The lowest BCUT2D eigenvalue weighted by Crippen LogP contribution is -2.46. The third-order valence-electron chi connectivity index (χ3n) is 5.45. The molecule has 1 amide bonds. The molecule has 176 valence electrons.